The van der Waals surface area contributed by atoms with Gasteiger partial charge in [-0.05, 0) is 240 Å². The third-order valence-electron chi connectivity index (χ3n) is 16.5. The molecule has 97 heavy (non-hydrogen) atoms. The summed E-state index contributed by atoms with van der Waals surface area (Å²) in [5.74, 6) is 3.27. The van der Waals surface area contributed by atoms with Gasteiger partial charge in [-0.3, -0.25) is 14.4 Å². The van der Waals surface area contributed by atoms with E-state index in [1.165, 1.54) is 62.8 Å². The fourth-order valence-electron chi connectivity index (χ4n) is 11.5. The van der Waals surface area contributed by atoms with E-state index < -0.39 is 0 Å². The van der Waals surface area contributed by atoms with Gasteiger partial charge in [-0.2, -0.15) is 0 Å². The second kappa shape index (κ2) is 33.0. The molecule has 12 rings (SSSR count). The first-order valence-corrected chi connectivity index (χ1v) is 35.1. The van der Waals surface area contributed by atoms with E-state index in [0.29, 0.717) is 76.9 Å². The lowest BCUT2D eigenvalue weighted by Gasteiger charge is -2.11. The van der Waals surface area contributed by atoms with Crippen LogP contribution in [-0.2, 0) is 25.7 Å². The van der Waals surface area contributed by atoms with Gasteiger partial charge in [0.25, 0.3) is 0 Å². The molecule has 498 valence electrons. The molecule has 12 aromatic rings. The molecule has 0 amide bonds. The Morgan fingerprint density at radius 2 is 0.742 bits per heavy atom. The molecule has 0 saturated carbocycles. The number of halogens is 1. The van der Waals surface area contributed by atoms with E-state index in [1.807, 2.05) is 124 Å². The smallest absolute Gasteiger partial charge is 0.207 e. The van der Waals surface area contributed by atoms with Gasteiger partial charge in [-0.15, -0.1) is 34.0 Å². The lowest BCUT2D eigenvalue weighted by molar-refractivity contribution is 0.103. The highest BCUT2D eigenvalue weighted by atomic mass is 32.1. The lowest BCUT2D eigenvalue weighted by atomic mass is 9.97. The van der Waals surface area contributed by atoms with Crippen LogP contribution >= 0.6 is 34.0 Å². The van der Waals surface area contributed by atoms with Gasteiger partial charge in [0.2, 0.25) is 17.3 Å². The highest BCUT2D eigenvalue weighted by Crippen LogP contribution is 2.46. The minimum Gasteiger partial charge on any atom is -0.508 e. The number of fused-ring (bicyclic) bond motifs is 3. The number of aryl methyl sites for hydroxylation is 5. The van der Waals surface area contributed by atoms with Crippen molar-refractivity contribution in [2.24, 2.45) is 0 Å². The summed E-state index contributed by atoms with van der Waals surface area (Å²) in [5.41, 5.74) is 9.54. The normalized spacial score (nSPS) is 11.1. The Balaban J connectivity index is 0.000000158. The molecule has 0 saturated heterocycles. The van der Waals surface area contributed by atoms with E-state index in [0.717, 1.165) is 112 Å². The number of nitrogens with one attached hydrogen (secondary N) is 3. The number of rotatable bonds is 25. The summed E-state index contributed by atoms with van der Waals surface area (Å²) in [5, 5.41) is 42.2. The van der Waals surface area contributed by atoms with Gasteiger partial charge in [-0.25, -0.2) is 4.39 Å². The van der Waals surface area contributed by atoms with Gasteiger partial charge in [0, 0.05) is 46.9 Å². The van der Waals surface area contributed by atoms with Crippen molar-refractivity contribution in [1.82, 2.24) is 16.0 Å². The molecule has 0 fully saturated rings. The Kier molecular flexibility index (Phi) is 23.9. The van der Waals surface area contributed by atoms with Crippen LogP contribution in [0.2, 0.25) is 0 Å². The molecule has 16 heteroatoms. The molecule has 12 nitrogen and oxygen atoms in total. The molecule has 0 unspecified atom stereocenters. The molecule has 6 N–H and O–H groups in total. The number of benzene rings is 9. The first-order chi connectivity index (χ1) is 46.9. The summed E-state index contributed by atoms with van der Waals surface area (Å²) in [7, 11) is 0. The third-order valence-corrected chi connectivity index (χ3v) is 19.9. The topological polar surface area (TPSA) is 176 Å². The van der Waals surface area contributed by atoms with Crippen molar-refractivity contribution in [2.45, 2.75) is 81.1 Å². The van der Waals surface area contributed by atoms with Crippen molar-refractivity contribution >= 4 is 81.6 Å². The number of hydrogen-bond acceptors (Lipinski definition) is 15. The lowest BCUT2D eigenvalue weighted by Crippen LogP contribution is -2.15. The Labute approximate surface area is 578 Å². The van der Waals surface area contributed by atoms with Crippen molar-refractivity contribution in [3.63, 3.8) is 0 Å². The molecule has 0 aliphatic heterocycles. The number of phenols is 3. The van der Waals surface area contributed by atoms with Crippen LogP contribution in [0.25, 0.3) is 30.3 Å². The SMILES string of the molecule is CCNCCc1ccc(Oc2c(C(=O)c3c(C)cc(F)cc3C)sc3cc(O)ccc23)cc1.CCNCCc1ccc(Oc2c(C(=O)c3c(C)cccc3C)sc3cc(O)ccc23)cc1.CCNCCc1ccc(Oc2c(C(=O)c3ccccc3CC)sc3cc(O)ccc23)cc1. The number of likely N-dealkylation sites (N-methyl/N-ethyl adjacent to an activating group) is 3. The molecule has 0 radical (unpaired) electrons. The van der Waals surface area contributed by atoms with Crippen LogP contribution in [0.4, 0.5) is 4.39 Å². The minimum absolute atomic E-state index is 0.0552. The van der Waals surface area contributed by atoms with Gasteiger partial charge < -0.3 is 45.5 Å². The van der Waals surface area contributed by atoms with Crippen molar-refractivity contribution in [1.29, 1.82) is 0 Å². The highest BCUT2D eigenvalue weighted by molar-refractivity contribution is 7.22. The monoisotopic (exact) mass is 1350 g/mol. The highest BCUT2D eigenvalue weighted by Gasteiger charge is 2.28. The van der Waals surface area contributed by atoms with Gasteiger partial charge in [0.05, 0.1) is 0 Å². The Morgan fingerprint density at radius 3 is 1.09 bits per heavy atom. The van der Waals surface area contributed by atoms with Gasteiger partial charge in [0.1, 0.15) is 54.9 Å². The van der Waals surface area contributed by atoms with Gasteiger partial charge in [-0.1, -0.05) is 107 Å². The van der Waals surface area contributed by atoms with E-state index in [1.54, 1.807) is 56.3 Å². The summed E-state index contributed by atoms with van der Waals surface area (Å²) in [4.78, 5) is 42.3. The van der Waals surface area contributed by atoms with Crippen LogP contribution in [-0.4, -0.2) is 71.9 Å². The number of ether oxygens (including phenoxy) is 3. The van der Waals surface area contributed by atoms with Gasteiger partial charge in [0.15, 0.2) is 17.2 Å². The molecule has 0 aliphatic rings. The maximum atomic E-state index is 13.8. The minimum atomic E-state index is -0.367. The third kappa shape index (κ3) is 17.2. The number of aromatic hydroxyl groups is 3. The first kappa shape index (κ1) is 70.3. The molecular weight excluding hydrogens is 1270 g/mol. The Hall–Kier alpha value is -9.52. The molecule has 0 bridgehead atoms. The van der Waals surface area contributed by atoms with E-state index in [4.69, 9.17) is 14.2 Å². The summed E-state index contributed by atoms with van der Waals surface area (Å²) in [6, 6.07) is 55.3. The summed E-state index contributed by atoms with van der Waals surface area (Å²) in [6.07, 6.45) is 3.59. The number of thiophene rings is 3. The summed E-state index contributed by atoms with van der Waals surface area (Å²) in [6.45, 7) is 21.3. The number of carbonyl (C=O) groups is 3. The van der Waals surface area contributed by atoms with Crippen molar-refractivity contribution < 1.29 is 48.3 Å². The van der Waals surface area contributed by atoms with Gasteiger partial charge >= 0.3 is 0 Å². The molecule has 9 aromatic carbocycles. The predicted molar refractivity (Wildman–Crippen MR) is 395 cm³/mol. The largest absolute Gasteiger partial charge is 0.508 e. The Morgan fingerprint density at radius 1 is 0.402 bits per heavy atom. The number of phenolic OH excluding ortho intramolecular Hbond substituents is 3. The van der Waals surface area contributed by atoms with Crippen molar-refractivity contribution in [3.8, 4) is 51.7 Å². The second-order valence-electron chi connectivity index (χ2n) is 23.6. The van der Waals surface area contributed by atoms with Crippen LogP contribution in [0.5, 0.6) is 51.7 Å². The maximum absolute atomic E-state index is 13.8. The zero-order chi connectivity index (χ0) is 68.7. The number of ketones is 3. The predicted octanol–water partition coefficient (Wildman–Crippen LogP) is 19.3. The molecule has 0 aliphatic carbocycles. The van der Waals surface area contributed by atoms with E-state index in [-0.39, 0.29) is 40.4 Å². The van der Waals surface area contributed by atoms with Crippen LogP contribution in [0.3, 0.4) is 0 Å². The fraction of sp³-hybridized carbons (Fsp3) is 0.222. The van der Waals surface area contributed by atoms with Crippen LogP contribution in [0.15, 0.2) is 182 Å². The number of carbonyl (C=O) groups excluding carboxylic acids is 3. The van der Waals surface area contributed by atoms with Crippen LogP contribution in [0.1, 0.15) is 118 Å². The zero-order valence-corrected chi connectivity index (χ0v) is 58.2. The van der Waals surface area contributed by atoms with E-state index in [9.17, 15) is 34.1 Å². The molecule has 0 atom stereocenters. The van der Waals surface area contributed by atoms with E-state index >= 15 is 0 Å². The van der Waals surface area contributed by atoms with Crippen molar-refractivity contribution in [3.05, 3.63) is 264 Å². The fourth-order valence-corrected chi connectivity index (χ4v) is 14.9. The molecular formula is C81H80FN3O9S3. The summed E-state index contributed by atoms with van der Waals surface area (Å²) >= 11 is 3.97. The quantitative estimate of drug-likeness (QED) is 0.0236. The average Bonchev–Trinajstić information content (AvgIpc) is 1.68. The van der Waals surface area contributed by atoms with Crippen LogP contribution in [0, 0.1) is 33.5 Å². The first-order valence-electron chi connectivity index (χ1n) is 32.7. The zero-order valence-electron chi connectivity index (χ0n) is 55.8. The second-order valence-corrected chi connectivity index (χ2v) is 26.7. The Bertz CT molecular complexity index is 4700. The average molecular weight is 1350 g/mol. The maximum Gasteiger partial charge on any atom is 0.207 e. The standard InChI is InChI=1S/C27H26FNO3S.2C27H27NO3S/c1-4-29-12-11-18-5-8-21(9-6-18)32-26-22-10-7-20(30)15-23(22)33-27(26)25(31)24-16(2)13-19(28)14-17(24)3;1-4-28-15-14-19-8-11-21(12-9-19)31-26-22-13-10-20(29)16-23(22)32-27(26)25(30)24-17(2)6-5-7-18(24)3;1-3-19-7-5-6-8-22(19)25(30)27-26(23-14-11-20(29)17-24(23)32-27)31-21-12-9-18(10-13-21)15-16-28-4-2/h5-10,13-15,29-30H,4,11-12H2,1-3H3;5-13,16,28-29H,4,14-15H2,1-3H3;5-14,17,28-29H,3-4,15-16H2,1-2H3. The molecule has 0 spiro atoms. The van der Waals surface area contributed by atoms with E-state index in [2.05, 4.69) is 61.0 Å². The number of hydrogen-bond donors (Lipinski definition) is 6. The van der Waals surface area contributed by atoms with Crippen LogP contribution < -0.4 is 30.2 Å². The summed E-state index contributed by atoms with van der Waals surface area (Å²) < 4.78 is 35.0. The van der Waals surface area contributed by atoms with Crippen molar-refractivity contribution in [2.75, 3.05) is 39.3 Å². The molecule has 3 aromatic heterocycles. The molecule has 3 heterocycles.